The van der Waals surface area contributed by atoms with Gasteiger partial charge in [-0.2, -0.15) is 0 Å². The van der Waals surface area contributed by atoms with Crippen molar-refractivity contribution in [2.45, 2.75) is 130 Å². The largest absolute Gasteiger partial charge is 0.480 e. The number of anilines is 2. The van der Waals surface area contributed by atoms with E-state index in [1.54, 1.807) is 7.11 Å². The number of benzene rings is 2. The van der Waals surface area contributed by atoms with Gasteiger partial charge in [0.15, 0.2) is 8.32 Å². The third kappa shape index (κ3) is 11.6. The summed E-state index contributed by atoms with van der Waals surface area (Å²) in [6, 6.07) is 18.0. The van der Waals surface area contributed by atoms with Gasteiger partial charge in [0.2, 0.25) is 0 Å². The maximum atomic E-state index is 12.7. The third-order valence-electron chi connectivity index (χ3n) is 14.2. The average Bonchev–Trinajstić information content (AvgIpc) is 4.10. The normalized spacial score (nSPS) is 18.8. The highest BCUT2D eigenvalue weighted by molar-refractivity contribution is 6.74. The molecule has 0 spiro atoms. The van der Waals surface area contributed by atoms with E-state index >= 15 is 0 Å². The number of hydrogen-bond donors (Lipinski definition) is 2. The van der Waals surface area contributed by atoms with Crippen LogP contribution in [0, 0.1) is 5.41 Å². The molecule has 14 heteroatoms. The van der Waals surface area contributed by atoms with Gasteiger partial charge >= 0.3 is 12.1 Å². The van der Waals surface area contributed by atoms with Gasteiger partial charge in [0.25, 0.3) is 0 Å². The molecule has 0 bridgehead atoms. The van der Waals surface area contributed by atoms with Crippen LogP contribution < -0.4 is 15.1 Å². The molecule has 3 fully saturated rings. The summed E-state index contributed by atoms with van der Waals surface area (Å²) in [4.78, 5) is 37.8. The zero-order valence-corrected chi connectivity index (χ0v) is 41.6. The molecule has 2 saturated heterocycles. The number of carbonyl (C=O) groups excluding carboxylic acids is 1. The van der Waals surface area contributed by atoms with Crippen LogP contribution in [0.15, 0.2) is 60.8 Å². The second-order valence-electron chi connectivity index (χ2n) is 20.7. The lowest BCUT2D eigenvalue weighted by Gasteiger charge is -2.39. The van der Waals surface area contributed by atoms with Gasteiger partial charge in [0, 0.05) is 94.1 Å². The van der Waals surface area contributed by atoms with Crippen molar-refractivity contribution in [3.63, 3.8) is 0 Å². The van der Waals surface area contributed by atoms with Gasteiger partial charge in [-0.3, -0.25) is 9.88 Å². The molecule has 4 heterocycles. The summed E-state index contributed by atoms with van der Waals surface area (Å²) < 4.78 is 27.0. The second kappa shape index (κ2) is 20.2. The summed E-state index contributed by atoms with van der Waals surface area (Å²) in [5.74, 6) is -1.14. The lowest BCUT2D eigenvalue weighted by Crippen LogP contribution is -2.49. The predicted octanol–water partition coefficient (Wildman–Crippen LogP) is 9.28. The average molecular weight is 911 g/mol. The molecular formula is C51H74N6O7Si. The first-order valence-corrected chi connectivity index (χ1v) is 26.7. The number of carboxylic acids is 1. The molecule has 2 aromatic heterocycles. The number of nitrogens with zero attached hydrogens (tertiary/aromatic N) is 5. The van der Waals surface area contributed by atoms with Crippen LogP contribution in [0.1, 0.15) is 90.7 Å². The SMILES string of the molecule is CCn1c(-c2cc(N3CCN(C4CC4)CC3)cnc2C(C)OC)c(CC(C)(C)CO[Si](C)(C)C(C)(C)C)c2cc(N3CCO[C@@H](CC(NC(=O)OCc4ccccc4)C(=O)O)C3)ccc21. The number of aliphatic carboxylic acids is 1. The van der Waals surface area contributed by atoms with Crippen LogP contribution in [0.5, 0.6) is 0 Å². The maximum Gasteiger partial charge on any atom is 0.408 e. The highest BCUT2D eigenvalue weighted by Crippen LogP contribution is 2.44. The zero-order valence-electron chi connectivity index (χ0n) is 40.6. The van der Waals surface area contributed by atoms with E-state index in [2.05, 4.69) is 110 Å². The van der Waals surface area contributed by atoms with Crippen molar-refractivity contribution >= 4 is 42.7 Å². The number of morpholine rings is 1. The fourth-order valence-corrected chi connectivity index (χ4v) is 10.3. The molecule has 1 aliphatic carbocycles. The summed E-state index contributed by atoms with van der Waals surface area (Å²) in [5, 5.41) is 14.0. The second-order valence-corrected chi connectivity index (χ2v) is 25.5. The number of pyridine rings is 1. The van der Waals surface area contributed by atoms with Crippen molar-refractivity contribution in [1.82, 2.24) is 19.8 Å². The summed E-state index contributed by atoms with van der Waals surface area (Å²) >= 11 is 0. The molecule has 2 unspecified atom stereocenters. The molecule has 2 aromatic carbocycles. The van der Waals surface area contributed by atoms with Crippen LogP contribution >= 0.6 is 0 Å². The van der Waals surface area contributed by atoms with Gasteiger partial charge in [-0.1, -0.05) is 65.0 Å². The quantitative estimate of drug-likeness (QED) is 0.0927. The van der Waals surface area contributed by atoms with Crippen molar-refractivity contribution in [2.24, 2.45) is 5.41 Å². The summed E-state index contributed by atoms with van der Waals surface area (Å²) in [7, 11) is -0.283. The van der Waals surface area contributed by atoms with Gasteiger partial charge < -0.3 is 43.4 Å². The number of alkyl carbamates (subject to hydrolysis) is 1. The molecule has 1 saturated carbocycles. The number of aromatic nitrogens is 2. The number of rotatable bonds is 18. The summed E-state index contributed by atoms with van der Waals surface area (Å²) in [6.07, 6.45) is 4.11. The Hall–Kier alpha value is -4.47. The van der Waals surface area contributed by atoms with Crippen LogP contribution in [0.25, 0.3) is 22.2 Å². The topological polar surface area (TPSA) is 131 Å². The van der Waals surface area contributed by atoms with Gasteiger partial charge in [-0.25, -0.2) is 9.59 Å². The van der Waals surface area contributed by atoms with Gasteiger partial charge in [-0.05, 0) is 92.0 Å². The van der Waals surface area contributed by atoms with Crippen LogP contribution in [0.2, 0.25) is 18.1 Å². The number of aryl methyl sites for hydroxylation is 1. The van der Waals surface area contributed by atoms with Gasteiger partial charge in [-0.15, -0.1) is 0 Å². The van der Waals surface area contributed by atoms with Crippen molar-refractivity contribution in [1.29, 1.82) is 0 Å². The van der Waals surface area contributed by atoms with Gasteiger partial charge in [0.1, 0.15) is 12.6 Å². The number of fused-ring (bicyclic) bond motifs is 1. The van der Waals surface area contributed by atoms with Crippen LogP contribution in [-0.4, -0.2) is 118 Å². The van der Waals surface area contributed by atoms with E-state index < -0.39 is 32.5 Å². The lowest BCUT2D eigenvalue weighted by atomic mass is 9.84. The monoisotopic (exact) mass is 911 g/mol. The first-order valence-electron chi connectivity index (χ1n) is 23.8. The van der Waals surface area contributed by atoms with Crippen molar-refractivity contribution in [3.8, 4) is 11.3 Å². The van der Waals surface area contributed by atoms with E-state index in [0.717, 1.165) is 78.9 Å². The summed E-state index contributed by atoms with van der Waals surface area (Å²) in [5.41, 5.74) is 8.37. The number of hydrogen-bond acceptors (Lipinski definition) is 10. The van der Waals surface area contributed by atoms with E-state index in [-0.39, 0.29) is 29.6 Å². The fraction of sp³-hybridized carbons (Fsp3) is 0.588. The maximum absolute atomic E-state index is 12.7. The number of ether oxygens (including phenoxy) is 3. The fourth-order valence-electron chi connectivity index (χ4n) is 9.08. The molecule has 65 heavy (non-hydrogen) atoms. The van der Waals surface area contributed by atoms with Crippen LogP contribution in [-0.2, 0) is 43.0 Å². The first-order chi connectivity index (χ1) is 30.9. The molecule has 7 rings (SSSR count). The summed E-state index contributed by atoms with van der Waals surface area (Å²) in [6.45, 7) is 27.5. The standard InChI is InChI=1S/C51H74N6O7Si/c1-11-57-45-20-19-38(56-25-26-62-40(32-56)29-44(48(58)59)53-49(60)63-33-36-15-13-12-14-16-36)27-41(45)43(30-51(6,7)34-64-65(9,10)50(3,4)5)47(57)42-28-39(31-52-46(42)35(2)61-8)55-23-21-54(22-24-55)37-17-18-37/h12-16,19-20,27-28,31,35,37,40,44H,11,17-18,21-26,29-30,32-34H2,1-10H3,(H,53,60)(H,58,59)/t35?,40-,44?/m0/s1. The third-order valence-corrected chi connectivity index (χ3v) is 18.7. The number of carboxylic acid groups (broad SMARTS) is 1. The number of nitrogens with one attached hydrogen (secondary N) is 1. The highest BCUT2D eigenvalue weighted by atomic mass is 28.4. The van der Waals surface area contributed by atoms with E-state index in [0.29, 0.717) is 26.3 Å². The Bertz CT molecular complexity index is 2260. The van der Waals surface area contributed by atoms with Crippen molar-refractivity contribution in [3.05, 3.63) is 77.6 Å². The first kappa shape index (κ1) is 48.5. The van der Waals surface area contributed by atoms with E-state index in [1.807, 2.05) is 36.5 Å². The molecule has 13 nitrogen and oxygen atoms in total. The molecule has 3 atom stereocenters. The van der Waals surface area contributed by atoms with Crippen molar-refractivity contribution < 1.29 is 33.3 Å². The molecule has 1 amide bonds. The Balaban J connectivity index is 1.23. The van der Waals surface area contributed by atoms with Crippen LogP contribution in [0.4, 0.5) is 16.2 Å². The minimum atomic E-state index is -2.04. The Morgan fingerprint density at radius 1 is 0.969 bits per heavy atom. The minimum Gasteiger partial charge on any atom is -0.480 e. The predicted molar refractivity (Wildman–Crippen MR) is 261 cm³/mol. The molecular weight excluding hydrogens is 837 g/mol. The molecule has 3 aliphatic rings. The Labute approximate surface area is 387 Å². The Kier molecular flexibility index (Phi) is 15.0. The van der Waals surface area contributed by atoms with E-state index in [1.165, 1.54) is 29.5 Å². The molecule has 4 aromatic rings. The van der Waals surface area contributed by atoms with Gasteiger partial charge in [0.05, 0.1) is 42.1 Å². The molecule has 2 aliphatic heterocycles. The van der Waals surface area contributed by atoms with E-state index in [4.69, 9.17) is 23.6 Å². The molecule has 0 radical (unpaired) electrons. The molecule has 2 N–H and O–H groups in total. The zero-order chi connectivity index (χ0) is 46.7. The molecule has 354 valence electrons. The Morgan fingerprint density at radius 2 is 1.69 bits per heavy atom. The van der Waals surface area contributed by atoms with Crippen molar-refractivity contribution in [2.75, 3.05) is 69.4 Å². The Morgan fingerprint density at radius 3 is 2.34 bits per heavy atom. The number of amides is 1. The number of methoxy groups -OCH3 is 1. The minimum absolute atomic E-state index is 0.0474. The highest BCUT2D eigenvalue weighted by Gasteiger charge is 2.39. The van der Waals surface area contributed by atoms with E-state index in [9.17, 15) is 14.7 Å². The number of carbonyl (C=O) groups is 2. The van der Waals surface area contributed by atoms with Crippen LogP contribution in [0.3, 0.4) is 0 Å². The number of piperazine rings is 1. The lowest BCUT2D eigenvalue weighted by molar-refractivity contribution is -0.140. The smallest absolute Gasteiger partial charge is 0.408 e.